The molecule has 0 heterocycles. The van der Waals surface area contributed by atoms with Crippen LogP contribution in [0.3, 0.4) is 0 Å². The lowest BCUT2D eigenvalue weighted by atomic mass is 10.1. The maximum Gasteiger partial charge on any atom is 0.251 e. The van der Waals surface area contributed by atoms with Crippen molar-refractivity contribution >= 4 is 11.8 Å². The van der Waals surface area contributed by atoms with Crippen LogP contribution in [0, 0.1) is 0 Å². The average Bonchev–Trinajstić information content (AvgIpc) is 2.51. The van der Waals surface area contributed by atoms with Gasteiger partial charge in [-0.15, -0.1) is 0 Å². The number of methoxy groups -OCH3 is 1. The number of carbonyl (C=O) groups is 2. The summed E-state index contributed by atoms with van der Waals surface area (Å²) >= 11 is 0. The van der Waals surface area contributed by atoms with Gasteiger partial charge in [0.15, 0.2) is 0 Å². The molecule has 0 spiro atoms. The monoisotopic (exact) mass is 294 g/mol. The Morgan fingerprint density at radius 1 is 1.19 bits per heavy atom. The van der Waals surface area contributed by atoms with Crippen molar-refractivity contribution in [3.8, 4) is 0 Å². The molecule has 0 radical (unpaired) electrons. The molecule has 116 valence electrons. The van der Waals surface area contributed by atoms with E-state index in [4.69, 9.17) is 9.47 Å². The fourth-order valence-electron chi connectivity index (χ4n) is 1.68. The molecule has 0 aliphatic rings. The second-order valence-corrected chi connectivity index (χ2v) is 4.57. The van der Waals surface area contributed by atoms with E-state index in [1.54, 1.807) is 38.2 Å². The SMILES string of the molecule is CNC(=O)c1ccc(CN(C)C(=O)COCCOC)cc1. The van der Waals surface area contributed by atoms with Gasteiger partial charge in [0.05, 0.1) is 13.2 Å². The van der Waals surface area contributed by atoms with Crippen LogP contribution >= 0.6 is 0 Å². The second kappa shape index (κ2) is 9.10. The van der Waals surface area contributed by atoms with Gasteiger partial charge in [-0.2, -0.15) is 0 Å². The number of amides is 2. The third-order valence-electron chi connectivity index (χ3n) is 2.95. The summed E-state index contributed by atoms with van der Waals surface area (Å²) in [5, 5.41) is 2.56. The van der Waals surface area contributed by atoms with E-state index in [1.807, 2.05) is 12.1 Å². The maximum atomic E-state index is 11.8. The molecule has 0 aliphatic carbocycles. The number of likely N-dealkylation sites (N-methyl/N-ethyl adjacent to an activating group) is 1. The molecule has 1 N–H and O–H groups in total. The van der Waals surface area contributed by atoms with Crippen LogP contribution in [0.15, 0.2) is 24.3 Å². The van der Waals surface area contributed by atoms with Gasteiger partial charge in [0.1, 0.15) is 6.61 Å². The van der Waals surface area contributed by atoms with E-state index in [-0.39, 0.29) is 18.4 Å². The molecular formula is C15H22N2O4. The highest BCUT2D eigenvalue weighted by Crippen LogP contribution is 2.07. The Hall–Kier alpha value is -1.92. The second-order valence-electron chi connectivity index (χ2n) is 4.57. The Labute approximate surface area is 125 Å². The lowest BCUT2D eigenvalue weighted by Crippen LogP contribution is -2.30. The first-order valence-corrected chi connectivity index (χ1v) is 6.70. The third-order valence-corrected chi connectivity index (χ3v) is 2.95. The molecule has 0 unspecified atom stereocenters. The molecule has 1 aromatic rings. The van der Waals surface area contributed by atoms with E-state index >= 15 is 0 Å². The van der Waals surface area contributed by atoms with Crippen LogP contribution in [0.2, 0.25) is 0 Å². The first-order valence-electron chi connectivity index (χ1n) is 6.70. The van der Waals surface area contributed by atoms with Crippen molar-refractivity contribution in [3.63, 3.8) is 0 Å². The van der Waals surface area contributed by atoms with Crippen molar-refractivity contribution in [2.24, 2.45) is 0 Å². The Morgan fingerprint density at radius 2 is 1.86 bits per heavy atom. The summed E-state index contributed by atoms with van der Waals surface area (Å²) in [4.78, 5) is 24.8. The minimum absolute atomic E-state index is 0.0379. The molecule has 0 saturated heterocycles. The number of hydrogen-bond donors (Lipinski definition) is 1. The quantitative estimate of drug-likeness (QED) is 0.716. The van der Waals surface area contributed by atoms with Gasteiger partial charge in [0, 0.05) is 33.3 Å². The summed E-state index contributed by atoms with van der Waals surface area (Å²) < 4.78 is 10.0. The Kier molecular flexibility index (Phi) is 7.42. The zero-order valence-electron chi connectivity index (χ0n) is 12.7. The van der Waals surface area contributed by atoms with Crippen LogP contribution < -0.4 is 5.32 Å². The average molecular weight is 294 g/mol. The first kappa shape index (κ1) is 17.1. The summed E-state index contributed by atoms with van der Waals surface area (Å²) in [6.45, 7) is 1.38. The molecular weight excluding hydrogens is 272 g/mol. The standard InChI is InChI=1S/C15H22N2O4/c1-16-15(19)13-6-4-12(5-7-13)10-17(2)14(18)11-21-9-8-20-3/h4-7H,8-11H2,1-3H3,(H,16,19). The normalized spacial score (nSPS) is 10.2. The van der Waals surface area contributed by atoms with Gasteiger partial charge in [-0.3, -0.25) is 9.59 Å². The van der Waals surface area contributed by atoms with Crippen molar-refractivity contribution in [3.05, 3.63) is 35.4 Å². The van der Waals surface area contributed by atoms with E-state index in [2.05, 4.69) is 5.32 Å². The van der Waals surface area contributed by atoms with Gasteiger partial charge in [-0.25, -0.2) is 0 Å². The van der Waals surface area contributed by atoms with Crippen LogP contribution in [0.25, 0.3) is 0 Å². The number of nitrogens with one attached hydrogen (secondary N) is 1. The van der Waals surface area contributed by atoms with Crippen molar-refractivity contribution in [2.45, 2.75) is 6.54 Å². The zero-order chi connectivity index (χ0) is 15.7. The Bertz CT molecular complexity index is 459. The highest BCUT2D eigenvalue weighted by atomic mass is 16.5. The zero-order valence-corrected chi connectivity index (χ0v) is 12.7. The van der Waals surface area contributed by atoms with Gasteiger partial charge in [-0.05, 0) is 17.7 Å². The van der Waals surface area contributed by atoms with Crippen LogP contribution in [0.1, 0.15) is 15.9 Å². The number of carbonyl (C=O) groups excluding carboxylic acids is 2. The smallest absolute Gasteiger partial charge is 0.251 e. The molecule has 0 saturated carbocycles. The summed E-state index contributed by atoms with van der Waals surface area (Å²) in [6.07, 6.45) is 0. The van der Waals surface area contributed by atoms with Crippen LogP contribution in [-0.2, 0) is 20.8 Å². The van der Waals surface area contributed by atoms with Gasteiger partial charge in [0.25, 0.3) is 5.91 Å². The van der Waals surface area contributed by atoms with E-state index in [0.717, 1.165) is 5.56 Å². The highest BCUT2D eigenvalue weighted by Gasteiger charge is 2.10. The lowest BCUT2D eigenvalue weighted by molar-refractivity contribution is -0.135. The molecule has 0 aliphatic heterocycles. The lowest BCUT2D eigenvalue weighted by Gasteiger charge is -2.17. The van der Waals surface area contributed by atoms with E-state index in [1.165, 1.54) is 0 Å². The fraction of sp³-hybridized carbons (Fsp3) is 0.467. The van der Waals surface area contributed by atoms with E-state index in [9.17, 15) is 9.59 Å². The summed E-state index contributed by atoms with van der Waals surface area (Å²) in [7, 11) is 4.89. The fourth-order valence-corrected chi connectivity index (χ4v) is 1.68. The third kappa shape index (κ3) is 5.93. The summed E-state index contributed by atoms with van der Waals surface area (Å²) in [5.41, 5.74) is 1.55. The predicted molar refractivity (Wildman–Crippen MR) is 79.0 cm³/mol. The number of rotatable bonds is 8. The van der Waals surface area contributed by atoms with E-state index in [0.29, 0.717) is 25.3 Å². The van der Waals surface area contributed by atoms with Crippen molar-refractivity contribution in [1.29, 1.82) is 0 Å². The van der Waals surface area contributed by atoms with Gasteiger partial charge >= 0.3 is 0 Å². The number of benzene rings is 1. The van der Waals surface area contributed by atoms with Gasteiger partial charge in [-0.1, -0.05) is 12.1 Å². The summed E-state index contributed by atoms with van der Waals surface area (Å²) in [6, 6.07) is 7.14. The molecule has 1 aromatic carbocycles. The number of hydrogen-bond acceptors (Lipinski definition) is 4. The molecule has 2 amide bonds. The minimum atomic E-state index is -0.127. The molecule has 21 heavy (non-hydrogen) atoms. The predicted octanol–water partition coefficient (Wildman–Crippen LogP) is 0.668. The Balaban J connectivity index is 2.44. The molecule has 1 rings (SSSR count). The molecule has 0 fully saturated rings. The first-order chi connectivity index (χ1) is 10.1. The van der Waals surface area contributed by atoms with Crippen molar-refractivity contribution < 1.29 is 19.1 Å². The van der Waals surface area contributed by atoms with Gasteiger partial charge in [0.2, 0.25) is 5.91 Å². The van der Waals surface area contributed by atoms with Crippen LogP contribution in [-0.4, -0.2) is 57.7 Å². The number of ether oxygens (including phenoxy) is 2. The molecule has 0 atom stereocenters. The largest absolute Gasteiger partial charge is 0.382 e. The van der Waals surface area contributed by atoms with E-state index < -0.39 is 0 Å². The minimum Gasteiger partial charge on any atom is -0.382 e. The highest BCUT2D eigenvalue weighted by molar-refractivity contribution is 5.93. The number of nitrogens with zero attached hydrogens (tertiary/aromatic N) is 1. The van der Waals surface area contributed by atoms with Crippen LogP contribution in [0.5, 0.6) is 0 Å². The molecule has 0 bridgehead atoms. The van der Waals surface area contributed by atoms with Crippen molar-refractivity contribution in [2.75, 3.05) is 41.0 Å². The summed E-state index contributed by atoms with van der Waals surface area (Å²) in [5.74, 6) is -0.223. The van der Waals surface area contributed by atoms with Crippen LogP contribution in [0.4, 0.5) is 0 Å². The molecule has 6 nitrogen and oxygen atoms in total. The van der Waals surface area contributed by atoms with Gasteiger partial charge < -0.3 is 19.7 Å². The topological polar surface area (TPSA) is 67.9 Å². The maximum absolute atomic E-state index is 11.8. The molecule has 6 heteroatoms. The Morgan fingerprint density at radius 3 is 2.43 bits per heavy atom. The molecule has 0 aromatic heterocycles. The van der Waals surface area contributed by atoms with Crippen molar-refractivity contribution in [1.82, 2.24) is 10.2 Å².